The number of hydrogen-bond donors (Lipinski definition) is 2. The summed E-state index contributed by atoms with van der Waals surface area (Å²) in [6, 6.07) is 14.3. The zero-order chi connectivity index (χ0) is 34.8. The molecule has 4 N–H and O–H groups in total. The summed E-state index contributed by atoms with van der Waals surface area (Å²) in [7, 11) is 0. The fourth-order valence-electron chi connectivity index (χ4n) is 5.90. The van der Waals surface area contributed by atoms with E-state index in [4.69, 9.17) is 49.4 Å². The third-order valence-corrected chi connectivity index (χ3v) is 8.30. The molecule has 0 spiro atoms. The lowest BCUT2D eigenvalue weighted by molar-refractivity contribution is 0.0397. The molecule has 0 saturated heterocycles. The average molecular weight is 822 g/mol. The Balaban J connectivity index is 0.00000625. The van der Waals surface area contributed by atoms with Crippen molar-refractivity contribution in [3.05, 3.63) is 104 Å². The molecule has 0 saturated carbocycles. The SMILES string of the molecule is Cc1nc(CC(C)(C)C)c(CN)c(-c2ccc(Cl)cc2)c1C(=O)OC(=O)c1c(C)nc(CC(C)(C)C)c(CN)c1-c1ccc(Cl)cc1.Cl.Cl.Cl.Cl. The van der Waals surface area contributed by atoms with E-state index in [2.05, 4.69) is 41.5 Å². The summed E-state index contributed by atoms with van der Waals surface area (Å²) >= 11 is 12.5. The Hall–Kier alpha value is -2.46. The Kier molecular flexibility index (Phi) is 18.6. The lowest BCUT2D eigenvalue weighted by Crippen LogP contribution is -2.23. The Labute approximate surface area is 336 Å². The number of hydrogen-bond acceptors (Lipinski definition) is 7. The minimum absolute atomic E-state index is 0. The van der Waals surface area contributed by atoms with Crippen LogP contribution >= 0.6 is 72.8 Å². The molecule has 2 aromatic carbocycles. The first-order valence-electron chi connectivity index (χ1n) is 15.7. The van der Waals surface area contributed by atoms with E-state index in [1.807, 2.05) is 24.3 Å². The standard InChI is InChI=1S/C38H44Cl2N4O3.4ClH/c1-21-31(33(23-9-13-25(39)14-10-23)27(19-41)29(43-21)17-37(3,4)5)35(45)47-36(46)32-22(2)44-30(18-38(6,7)8)28(20-42)34(32)24-11-15-26(40)16-12-24;;;;/h9-16H,17-20,41-42H2,1-8H3;4*1H. The smallest absolute Gasteiger partial charge is 0.348 e. The van der Waals surface area contributed by atoms with Crippen molar-refractivity contribution in [2.24, 2.45) is 22.3 Å². The van der Waals surface area contributed by atoms with Crippen LogP contribution < -0.4 is 11.5 Å². The number of pyridine rings is 2. The van der Waals surface area contributed by atoms with Gasteiger partial charge in [-0.15, -0.1) is 49.6 Å². The fourth-order valence-corrected chi connectivity index (χ4v) is 6.15. The summed E-state index contributed by atoms with van der Waals surface area (Å²) in [5, 5.41) is 1.10. The van der Waals surface area contributed by atoms with Gasteiger partial charge in [0.15, 0.2) is 0 Å². The van der Waals surface area contributed by atoms with Gasteiger partial charge in [-0.3, -0.25) is 9.97 Å². The fraction of sp³-hybridized carbons (Fsp3) is 0.368. The number of aryl methyl sites for hydroxylation is 2. The van der Waals surface area contributed by atoms with E-state index in [1.165, 1.54) is 0 Å². The number of esters is 2. The monoisotopic (exact) mass is 818 g/mol. The molecule has 0 unspecified atom stereocenters. The van der Waals surface area contributed by atoms with Crippen molar-refractivity contribution in [3.8, 4) is 22.3 Å². The lowest BCUT2D eigenvalue weighted by atomic mass is 9.85. The van der Waals surface area contributed by atoms with E-state index >= 15 is 0 Å². The minimum Gasteiger partial charge on any atom is -0.386 e. The van der Waals surface area contributed by atoms with Crippen LogP contribution in [-0.4, -0.2) is 21.9 Å². The Morgan fingerprint density at radius 2 is 0.902 bits per heavy atom. The summed E-state index contributed by atoms with van der Waals surface area (Å²) in [5.41, 5.74) is 19.3. The molecule has 4 rings (SSSR count). The highest BCUT2D eigenvalue weighted by molar-refractivity contribution is 6.31. The highest BCUT2D eigenvalue weighted by Crippen LogP contribution is 2.37. The van der Waals surface area contributed by atoms with Crippen molar-refractivity contribution in [1.29, 1.82) is 0 Å². The second kappa shape index (κ2) is 19.6. The summed E-state index contributed by atoms with van der Waals surface area (Å²) < 4.78 is 5.74. The van der Waals surface area contributed by atoms with E-state index in [9.17, 15) is 9.59 Å². The maximum Gasteiger partial charge on any atom is 0.348 e. The van der Waals surface area contributed by atoms with E-state index in [1.54, 1.807) is 38.1 Å². The molecule has 0 aliphatic rings. The average Bonchev–Trinajstić information content (AvgIpc) is 2.95. The van der Waals surface area contributed by atoms with E-state index < -0.39 is 11.9 Å². The van der Waals surface area contributed by atoms with Crippen LogP contribution in [0, 0.1) is 24.7 Å². The maximum atomic E-state index is 14.2. The van der Waals surface area contributed by atoms with E-state index in [-0.39, 0.29) is 84.7 Å². The number of aromatic nitrogens is 2. The molecule has 280 valence electrons. The van der Waals surface area contributed by atoms with E-state index in [0.29, 0.717) is 67.7 Å². The van der Waals surface area contributed by atoms with Gasteiger partial charge < -0.3 is 16.2 Å². The van der Waals surface area contributed by atoms with Crippen molar-refractivity contribution in [2.45, 2.75) is 81.3 Å². The molecule has 0 fully saturated rings. The summed E-state index contributed by atoms with van der Waals surface area (Å²) in [4.78, 5) is 38.0. The first-order valence-corrected chi connectivity index (χ1v) is 16.4. The zero-order valence-corrected chi connectivity index (χ0v) is 34.9. The van der Waals surface area contributed by atoms with Crippen LogP contribution in [0.15, 0.2) is 48.5 Å². The van der Waals surface area contributed by atoms with E-state index in [0.717, 1.165) is 11.4 Å². The number of benzene rings is 2. The quantitative estimate of drug-likeness (QED) is 0.134. The second-order valence-corrected chi connectivity index (χ2v) is 15.2. The number of nitrogens with two attached hydrogens (primary N) is 2. The predicted octanol–water partition coefficient (Wildman–Crippen LogP) is 10.5. The zero-order valence-electron chi connectivity index (χ0n) is 30.1. The normalized spacial score (nSPS) is 11.0. The van der Waals surface area contributed by atoms with Crippen LogP contribution in [0.1, 0.15) is 96.2 Å². The highest BCUT2D eigenvalue weighted by atomic mass is 35.5. The molecule has 7 nitrogen and oxygen atoms in total. The van der Waals surface area contributed by atoms with Gasteiger partial charge in [0.1, 0.15) is 0 Å². The predicted molar refractivity (Wildman–Crippen MR) is 220 cm³/mol. The molecular formula is C38H48Cl6N4O3. The highest BCUT2D eigenvalue weighted by Gasteiger charge is 2.31. The van der Waals surface area contributed by atoms with Gasteiger partial charge in [-0.2, -0.15) is 0 Å². The number of rotatable bonds is 8. The van der Waals surface area contributed by atoms with Crippen LogP contribution in [0.3, 0.4) is 0 Å². The third kappa shape index (κ3) is 11.8. The van der Waals surface area contributed by atoms with Gasteiger partial charge >= 0.3 is 11.9 Å². The van der Waals surface area contributed by atoms with Crippen molar-refractivity contribution in [3.63, 3.8) is 0 Å². The molecule has 0 radical (unpaired) electrons. The van der Waals surface area contributed by atoms with Crippen LogP contribution in [0.4, 0.5) is 0 Å². The molecule has 0 aliphatic carbocycles. The summed E-state index contributed by atoms with van der Waals surface area (Å²) in [6.45, 7) is 16.4. The minimum atomic E-state index is -0.837. The van der Waals surface area contributed by atoms with Gasteiger partial charge in [0.25, 0.3) is 0 Å². The van der Waals surface area contributed by atoms with Gasteiger partial charge in [0.05, 0.1) is 22.5 Å². The molecule has 0 amide bonds. The van der Waals surface area contributed by atoms with Crippen molar-refractivity contribution in [2.75, 3.05) is 0 Å². The van der Waals surface area contributed by atoms with Crippen molar-refractivity contribution in [1.82, 2.24) is 9.97 Å². The second-order valence-electron chi connectivity index (χ2n) is 14.3. The molecular weight excluding hydrogens is 773 g/mol. The molecule has 0 aliphatic heterocycles. The molecule has 0 bridgehead atoms. The molecule has 4 aromatic rings. The number of nitrogens with zero attached hydrogens (tertiary/aromatic N) is 2. The van der Waals surface area contributed by atoms with Crippen LogP contribution in [0.5, 0.6) is 0 Å². The number of ether oxygens (including phenoxy) is 1. The first kappa shape index (κ1) is 48.5. The van der Waals surface area contributed by atoms with Gasteiger partial charge in [0, 0.05) is 45.6 Å². The summed E-state index contributed by atoms with van der Waals surface area (Å²) in [5.74, 6) is -1.67. The largest absolute Gasteiger partial charge is 0.386 e. The Morgan fingerprint density at radius 1 is 0.608 bits per heavy atom. The van der Waals surface area contributed by atoms with Gasteiger partial charge in [-0.1, -0.05) is 89.0 Å². The maximum absolute atomic E-state index is 14.2. The molecule has 13 heteroatoms. The van der Waals surface area contributed by atoms with Gasteiger partial charge in [0.2, 0.25) is 0 Å². The van der Waals surface area contributed by atoms with Crippen LogP contribution in [-0.2, 0) is 30.7 Å². The van der Waals surface area contributed by atoms with Gasteiger partial charge in [-0.05, 0) is 84.0 Å². The molecule has 51 heavy (non-hydrogen) atoms. The Bertz CT molecular complexity index is 1690. The molecule has 2 aromatic heterocycles. The van der Waals surface area contributed by atoms with Crippen molar-refractivity contribution >= 4 is 84.8 Å². The number of halogens is 6. The van der Waals surface area contributed by atoms with Crippen molar-refractivity contribution < 1.29 is 14.3 Å². The number of carbonyl (C=O) groups excluding carboxylic acids is 2. The van der Waals surface area contributed by atoms with Crippen LogP contribution in [0.25, 0.3) is 22.3 Å². The topological polar surface area (TPSA) is 121 Å². The first-order chi connectivity index (χ1) is 21.9. The van der Waals surface area contributed by atoms with Gasteiger partial charge in [-0.25, -0.2) is 9.59 Å². The third-order valence-electron chi connectivity index (χ3n) is 7.79. The Morgan fingerprint density at radius 3 is 1.16 bits per heavy atom. The molecule has 2 heterocycles. The summed E-state index contributed by atoms with van der Waals surface area (Å²) in [6.07, 6.45) is 1.26. The van der Waals surface area contributed by atoms with Crippen LogP contribution in [0.2, 0.25) is 10.0 Å². The lowest BCUT2D eigenvalue weighted by Gasteiger charge is -2.24. The molecule has 0 atom stereocenters. The number of carbonyl (C=O) groups is 2.